The lowest BCUT2D eigenvalue weighted by Crippen LogP contribution is -2.41. The van der Waals surface area contributed by atoms with Gasteiger partial charge in [-0.05, 0) is 19.1 Å². The third-order valence-corrected chi connectivity index (χ3v) is 2.92. The van der Waals surface area contributed by atoms with Gasteiger partial charge in [-0.2, -0.15) is 0 Å². The van der Waals surface area contributed by atoms with Gasteiger partial charge >= 0.3 is 0 Å². The minimum Gasteiger partial charge on any atom is -0.506 e. The first-order valence-electron chi connectivity index (χ1n) is 6.83. The Morgan fingerprint density at radius 3 is 2.04 bits per heavy atom. The Kier molecular flexibility index (Phi) is 5.08. The van der Waals surface area contributed by atoms with Crippen molar-refractivity contribution in [2.45, 2.75) is 13.0 Å². The van der Waals surface area contributed by atoms with Crippen LogP contribution < -0.4 is 10.6 Å². The molecule has 0 saturated heterocycles. The molecular formula is C15H16N4O4. The number of aromatic hydroxyl groups is 2. The summed E-state index contributed by atoms with van der Waals surface area (Å²) >= 11 is 0. The van der Waals surface area contributed by atoms with E-state index in [2.05, 4.69) is 20.6 Å². The lowest BCUT2D eigenvalue weighted by atomic mass is 10.2. The van der Waals surface area contributed by atoms with Gasteiger partial charge in [0, 0.05) is 25.0 Å². The van der Waals surface area contributed by atoms with E-state index in [4.69, 9.17) is 0 Å². The molecule has 0 fully saturated rings. The normalized spacial score (nSPS) is 11.5. The van der Waals surface area contributed by atoms with E-state index in [0.717, 1.165) is 0 Å². The molecule has 0 radical (unpaired) electrons. The molecule has 8 heteroatoms. The third-order valence-electron chi connectivity index (χ3n) is 2.92. The summed E-state index contributed by atoms with van der Waals surface area (Å²) in [7, 11) is 0. The second-order valence-corrected chi connectivity index (χ2v) is 4.95. The molecule has 0 bridgehead atoms. The van der Waals surface area contributed by atoms with Crippen LogP contribution in [-0.2, 0) is 0 Å². The molecule has 2 aromatic rings. The predicted octanol–water partition coefficient (Wildman–Crippen LogP) is 0.436. The maximum absolute atomic E-state index is 11.9. The van der Waals surface area contributed by atoms with E-state index < -0.39 is 11.8 Å². The maximum Gasteiger partial charge on any atom is 0.253 e. The maximum atomic E-state index is 11.9. The Morgan fingerprint density at radius 2 is 1.52 bits per heavy atom. The highest BCUT2D eigenvalue weighted by molar-refractivity contribution is 5.95. The minimum absolute atomic E-state index is 0.101. The van der Waals surface area contributed by atoms with E-state index in [1.807, 2.05) is 0 Å². The molecule has 0 spiro atoms. The van der Waals surface area contributed by atoms with Crippen LogP contribution in [0.15, 0.2) is 36.9 Å². The van der Waals surface area contributed by atoms with Crippen LogP contribution in [0, 0.1) is 0 Å². The standard InChI is InChI=1S/C15H16N4O4/c1-9(19-15(23)11-3-13(21)8-17-6-11)4-18-14(22)10-2-12(20)7-16-5-10/h2-3,5-9,20-21H,4H2,1H3,(H,18,22)(H,19,23)/t9-/m1/s1. The highest BCUT2D eigenvalue weighted by Gasteiger charge is 2.13. The van der Waals surface area contributed by atoms with Gasteiger partial charge in [0.05, 0.1) is 23.5 Å². The molecule has 0 aliphatic heterocycles. The van der Waals surface area contributed by atoms with Gasteiger partial charge in [-0.3, -0.25) is 19.6 Å². The fourth-order valence-electron chi connectivity index (χ4n) is 1.81. The second kappa shape index (κ2) is 7.21. The van der Waals surface area contributed by atoms with Crippen LogP contribution in [0.3, 0.4) is 0 Å². The Bertz CT molecular complexity index is 720. The SMILES string of the molecule is C[C@H](CNC(=O)c1cncc(O)c1)NC(=O)c1cncc(O)c1. The zero-order chi connectivity index (χ0) is 16.8. The highest BCUT2D eigenvalue weighted by Crippen LogP contribution is 2.09. The zero-order valence-corrected chi connectivity index (χ0v) is 12.4. The Balaban J connectivity index is 1.86. The number of aromatic nitrogens is 2. The van der Waals surface area contributed by atoms with Crippen LogP contribution in [0.2, 0.25) is 0 Å². The topological polar surface area (TPSA) is 124 Å². The van der Waals surface area contributed by atoms with E-state index in [-0.39, 0.29) is 35.2 Å². The molecule has 4 N–H and O–H groups in total. The molecule has 8 nitrogen and oxygen atoms in total. The van der Waals surface area contributed by atoms with Crippen molar-refractivity contribution in [2.24, 2.45) is 0 Å². The van der Waals surface area contributed by atoms with Crippen LogP contribution >= 0.6 is 0 Å². The summed E-state index contributed by atoms with van der Waals surface area (Å²) in [5.74, 6) is -1.02. The predicted molar refractivity (Wildman–Crippen MR) is 81.1 cm³/mol. The minimum atomic E-state index is -0.409. The van der Waals surface area contributed by atoms with E-state index >= 15 is 0 Å². The van der Waals surface area contributed by atoms with Crippen molar-refractivity contribution in [3.63, 3.8) is 0 Å². The largest absolute Gasteiger partial charge is 0.506 e. The van der Waals surface area contributed by atoms with Crippen molar-refractivity contribution in [2.75, 3.05) is 6.54 Å². The van der Waals surface area contributed by atoms with Gasteiger partial charge < -0.3 is 20.8 Å². The summed E-state index contributed by atoms with van der Waals surface area (Å²) in [5.41, 5.74) is 0.445. The lowest BCUT2D eigenvalue weighted by molar-refractivity contribution is 0.0911. The molecule has 120 valence electrons. The number of hydrogen-bond acceptors (Lipinski definition) is 6. The lowest BCUT2D eigenvalue weighted by Gasteiger charge is -2.14. The number of carbonyl (C=O) groups excluding carboxylic acids is 2. The van der Waals surface area contributed by atoms with Gasteiger partial charge in [0.15, 0.2) is 0 Å². The molecule has 1 atom stereocenters. The van der Waals surface area contributed by atoms with Crippen molar-refractivity contribution in [1.82, 2.24) is 20.6 Å². The molecule has 2 amide bonds. The van der Waals surface area contributed by atoms with E-state index in [0.29, 0.717) is 0 Å². The average molecular weight is 316 g/mol. The first kappa shape index (κ1) is 16.2. The number of carbonyl (C=O) groups is 2. The van der Waals surface area contributed by atoms with Crippen molar-refractivity contribution in [3.05, 3.63) is 48.0 Å². The van der Waals surface area contributed by atoms with Crippen LogP contribution in [0.5, 0.6) is 11.5 Å². The average Bonchev–Trinajstić information content (AvgIpc) is 2.52. The molecule has 2 heterocycles. The molecule has 0 aliphatic rings. The van der Waals surface area contributed by atoms with Crippen LogP contribution in [0.1, 0.15) is 27.6 Å². The molecular weight excluding hydrogens is 300 g/mol. The Hall–Kier alpha value is -3.16. The molecule has 0 aliphatic carbocycles. The van der Waals surface area contributed by atoms with Crippen LogP contribution in [0.25, 0.3) is 0 Å². The third kappa shape index (κ3) is 4.67. The molecule has 2 rings (SSSR count). The summed E-state index contributed by atoms with van der Waals surface area (Å²) in [4.78, 5) is 31.3. The van der Waals surface area contributed by atoms with Crippen molar-refractivity contribution >= 4 is 11.8 Å². The number of pyridine rings is 2. The number of nitrogens with one attached hydrogen (secondary N) is 2. The Labute approximate surface area is 132 Å². The summed E-state index contributed by atoms with van der Waals surface area (Å²) in [6.07, 6.45) is 5.11. The van der Waals surface area contributed by atoms with Gasteiger partial charge in [0.25, 0.3) is 11.8 Å². The Morgan fingerprint density at radius 1 is 1.00 bits per heavy atom. The monoisotopic (exact) mass is 316 g/mol. The number of rotatable bonds is 5. The first-order chi connectivity index (χ1) is 11.0. The highest BCUT2D eigenvalue weighted by atomic mass is 16.3. The molecule has 0 aromatic carbocycles. The van der Waals surface area contributed by atoms with Crippen molar-refractivity contribution in [3.8, 4) is 11.5 Å². The fraction of sp³-hybridized carbons (Fsp3) is 0.200. The smallest absolute Gasteiger partial charge is 0.253 e. The van der Waals surface area contributed by atoms with Crippen molar-refractivity contribution < 1.29 is 19.8 Å². The fourth-order valence-corrected chi connectivity index (χ4v) is 1.81. The zero-order valence-electron chi connectivity index (χ0n) is 12.4. The van der Waals surface area contributed by atoms with Gasteiger partial charge in [-0.15, -0.1) is 0 Å². The summed E-state index contributed by atoms with van der Waals surface area (Å²) < 4.78 is 0. The van der Waals surface area contributed by atoms with Gasteiger partial charge in [-0.25, -0.2) is 0 Å². The van der Waals surface area contributed by atoms with Crippen molar-refractivity contribution in [1.29, 1.82) is 0 Å². The number of amides is 2. The molecule has 0 unspecified atom stereocenters. The quantitative estimate of drug-likeness (QED) is 0.634. The van der Waals surface area contributed by atoms with Gasteiger partial charge in [0.2, 0.25) is 0 Å². The van der Waals surface area contributed by atoms with E-state index in [9.17, 15) is 19.8 Å². The van der Waals surface area contributed by atoms with Gasteiger partial charge in [0.1, 0.15) is 11.5 Å². The molecule has 2 aromatic heterocycles. The van der Waals surface area contributed by atoms with E-state index in [1.165, 1.54) is 36.9 Å². The van der Waals surface area contributed by atoms with E-state index in [1.54, 1.807) is 6.92 Å². The van der Waals surface area contributed by atoms with Crippen LogP contribution in [-0.4, -0.2) is 44.6 Å². The second-order valence-electron chi connectivity index (χ2n) is 4.95. The first-order valence-corrected chi connectivity index (χ1v) is 6.83. The van der Waals surface area contributed by atoms with Gasteiger partial charge in [-0.1, -0.05) is 0 Å². The number of hydrogen-bond donors (Lipinski definition) is 4. The molecule has 0 saturated carbocycles. The summed E-state index contributed by atoms with van der Waals surface area (Å²) in [6.45, 7) is 1.90. The summed E-state index contributed by atoms with van der Waals surface area (Å²) in [6, 6.07) is 2.25. The molecule has 23 heavy (non-hydrogen) atoms. The number of nitrogens with zero attached hydrogens (tertiary/aromatic N) is 2. The van der Waals surface area contributed by atoms with Crippen LogP contribution in [0.4, 0.5) is 0 Å². The summed E-state index contributed by atoms with van der Waals surface area (Å²) in [5, 5.41) is 23.9.